The molecule has 0 aliphatic carbocycles. The first-order chi connectivity index (χ1) is 12.7. The first kappa shape index (κ1) is 15.8. The van der Waals surface area contributed by atoms with Gasteiger partial charge in [-0.05, 0) is 36.8 Å². The first-order valence-corrected chi connectivity index (χ1v) is 7.78. The zero-order chi connectivity index (χ0) is 18.1. The molecule has 4 rings (SSSR count). The summed E-state index contributed by atoms with van der Waals surface area (Å²) in [5, 5.41) is 12.2. The van der Waals surface area contributed by atoms with E-state index in [0.717, 1.165) is 11.1 Å². The van der Waals surface area contributed by atoms with Gasteiger partial charge in [-0.15, -0.1) is 5.10 Å². The van der Waals surface area contributed by atoms with Gasteiger partial charge in [0, 0.05) is 18.0 Å². The van der Waals surface area contributed by atoms with Crippen LogP contribution in [0.4, 0.5) is 5.82 Å². The van der Waals surface area contributed by atoms with Crippen LogP contribution in [-0.4, -0.2) is 37.2 Å². The van der Waals surface area contributed by atoms with Gasteiger partial charge in [-0.2, -0.15) is 9.67 Å². The molecule has 4 aromatic rings. The molecule has 2 N–H and O–H groups in total. The number of ether oxygens (including phenoxy) is 1. The van der Waals surface area contributed by atoms with Crippen molar-refractivity contribution in [3.05, 3.63) is 48.3 Å². The Balaban J connectivity index is 1.75. The lowest BCUT2D eigenvalue weighted by Gasteiger charge is -2.09. The van der Waals surface area contributed by atoms with Crippen LogP contribution in [0, 0.1) is 6.92 Å². The van der Waals surface area contributed by atoms with Gasteiger partial charge in [-0.25, -0.2) is 0 Å². The summed E-state index contributed by atoms with van der Waals surface area (Å²) in [7, 11) is 1.58. The van der Waals surface area contributed by atoms with Crippen LogP contribution in [0.2, 0.25) is 0 Å². The van der Waals surface area contributed by atoms with Crippen molar-refractivity contribution in [3.63, 3.8) is 0 Å². The third-order valence-corrected chi connectivity index (χ3v) is 3.83. The minimum Gasteiger partial charge on any atom is -0.494 e. The van der Waals surface area contributed by atoms with Crippen LogP contribution in [0.25, 0.3) is 28.7 Å². The summed E-state index contributed by atoms with van der Waals surface area (Å²) in [6, 6.07) is 9.26. The van der Waals surface area contributed by atoms with Crippen molar-refractivity contribution in [2.24, 2.45) is 0 Å². The predicted molar refractivity (Wildman–Crippen MR) is 93.6 cm³/mol. The highest BCUT2D eigenvalue weighted by Gasteiger charge is 2.21. The van der Waals surface area contributed by atoms with E-state index in [0.29, 0.717) is 23.0 Å². The molecule has 9 heteroatoms. The summed E-state index contributed by atoms with van der Waals surface area (Å²) in [6.07, 6.45) is 3.31. The Kier molecular flexibility index (Phi) is 3.81. The lowest BCUT2D eigenvalue weighted by atomic mass is 10.2. The lowest BCUT2D eigenvalue weighted by Crippen LogP contribution is -2.04. The number of pyridine rings is 1. The minimum absolute atomic E-state index is 0.187. The molecule has 0 fully saturated rings. The van der Waals surface area contributed by atoms with Crippen LogP contribution in [0.3, 0.4) is 0 Å². The molecule has 0 saturated heterocycles. The second-order valence-corrected chi connectivity index (χ2v) is 5.57. The summed E-state index contributed by atoms with van der Waals surface area (Å²) in [6.45, 7) is 1.97. The third kappa shape index (κ3) is 2.65. The van der Waals surface area contributed by atoms with E-state index < -0.39 is 0 Å². The molecule has 0 saturated carbocycles. The number of aromatic nitrogens is 6. The van der Waals surface area contributed by atoms with Gasteiger partial charge in [0.2, 0.25) is 5.82 Å². The van der Waals surface area contributed by atoms with Crippen molar-refractivity contribution in [2.45, 2.75) is 6.92 Å². The SMILES string of the molecule is COc1ccc(C)cc1-n1nnc(-c2nc(-c3ccncc3)no2)c1N. The average molecular weight is 349 g/mol. The summed E-state index contributed by atoms with van der Waals surface area (Å²) < 4.78 is 12.2. The van der Waals surface area contributed by atoms with Gasteiger partial charge >= 0.3 is 0 Å². The number of anilines is 1. The van der Waals surface area contributed by atoms with Crippen molar-refractivity contribution < 1.29 is 9.26 Å². The molecule has 0 amide bonds. The molecule has 9 nitrogen and oxygen atoms in total. The van der Waals surface area contributed by atoms with Crippen LogP contribution in [-0.2, 0) is 0 Å². The van der Waals surface area contributed by atoms with Gasteiger partial charge in [0.25, 0.3) is 5.89 Å². The number of nitrogens with zero attached hydrogens (tertiary/aromatic N) is 6. The maximum absolute atomic E-state index is 6.23. The van der Waals surface area contributed by atoms with E-state index >= 15 is 0 Å². The molecular weight excluding hydrogens is 334 g/mol. The molecule has 0 unspecified atom stereocenters. The van der Waals surface area contributed by atoms with Gasteiger partial charge in [-0.3, -0.25) is 4.98 Å². The second kappa shape index (κ2) is 6.28. The molecule has 130 valence electrons. The quantitative estimate of drug-likeness (QED) is 0.596. The molecule has 0 spiro atoms. The maximum atomic E-state index is 6.23. The number of methoxy groups -OCH3 is 1. The fraction of sp³-hybridized carbons (Fsp3) is 0.118. The highest BCUT2D eigenvalue weighted by Crippen LogP contribution is 2.30. The van der Waals surface area contributed by atoms with E-state index in [9.17, 15) is 0 Å². The predicted octanol–water partition coefficient (Wildman–Crippen LogP) is 2.28. The molecule has 3 aromatic heterocycles. The Labute approximate surface area is 148 Å². The number of hydrogen-bond acceptors (Lipinski definition) is 8. The Morgan fingerprint density at radius 2 is 1.96 bits per heavy atom. The average Bonchev–Trinajstić information content (AvgIpc) is 3.29. The first-order valence-electron chi connectivity index (χ1n) is 7.78. The van der Waals surface area contributed by atoms with Crippen LogP contribution < -0.4 is 10.5 Å². The van der Waals surface area contributed by atoms with Crippen LogP contribution in [0.15, 0.2) is 47.2 Å². The molecule has 0 aliphatic rings. The Morgan fingerprint density at radius 1 is 1.15 bits per heavy atom. The summed E-state index contributed by atoms with van der Waals surface area (Å²) >= 11 is 0. The van der Waals surface area contributed by atoms with Gasteiger partial charge in [-0.1, -0.05) is 16.4 Å². The minimum atomic E-state index is 0.187. The highest BCUT2D eigenvalue weighted by atomic mass is 16.5. The third-order valence-electron chi connectivity index (χ3n) is 3.83. The van der Waals surface area contributed by atoms with Crippen molar-refractivity contribution >= 4 is 5.82 Å². The maximum Gasteiger partial charge on any atom is 0.282 e. The van der Waals surface area contributed by atoms with Crippen molar-refractivity contribution in [2.75, 3.05) is 12.8 Å². The second-order valence-electron chi connectivity index (χ2n) is 5.57. The summed E-state index contributed by atoms with van der Waals surface area (Å²) in [5.74, 6) is 1.51. The number of aryl methyl sites for hydroxylation is 1. The number of nitrogen functional groups attached to an aromatic ring is 1. The number of nitrogens with two attached hydrogens (primary N) is 1. The van der Waals surface area contributed by atoms with Gasteiger partial charge in [0.15, 0.2) is 11.5 Å². The van der Waals surface area contributed by atoms with Crippen molar-refractivity contribution in [1.29, 1.82) is 0 Å². The fourth-order valence-corrected chi connectivity index (χ4v) is 2.52. The lowest BCUT2D eigenvalue weighted by molar-refractivity contribution is 0.411. The number of hydrogen-bond donors (Lipinski definition) is 1. The van der Waals surface area contributed by atoms with Gasteiger partial charge in [0.05, 0.1) is 7.11 Å². The van der Waals surface area contributed by atoms with Gasteiger partial charge in [0.1, 0.15) is 11.4 Å². The van der Waals surface area contributed by atoms with E-state index in [-0.39, 0.29) is 11.7 Å². The number of benzene rings is 1. The molecule has 0 bridgehead atoms. The molecule has 26 heavy (non-hydrogen) atoms. The van der Waals surface area contributed by atoms with E-state index in [4.69, 9.17) is 15.0 Å². The smallest absolute Gasteiger partial charge is 0.282 e. The normalized spacial score (nSPS) is 10.8. The Hall–Kier alpha value is -3.75. The van der Waals surface area contributed by atoms with E-state index in [1.165, 1.54) is 4.68 Å². The van der Waals surface area contributed by atoms with E-state index in [1.54, 1.807) is 31.6 Å². The summed E-state index contributed by atoms with van der Waals surface area (Å²) in [4.78, 5) is 8.31. The monoisotopic (exact) mass is 349 g/mol. The van der Waals surface area contributed by atoms with Crippen LogP contribution in [0.5, 0.6) is 5.75 Å². The van der Waals surface area contributed by atoms with E-state index in [1.807, 2.05) is 25.1 Å². The Bertz CT molecular complexity index is 1060. The van der Waals surface area contributed by atoms with Crippen LogP contribution >= 0.6 is 0 Å². The topological polar surface area (TPSA) is 118 Å². The van der Waals surface area contributed by atoms with E-state index in [2.05, 4.69) is 25.4 Å². The largest absolute Gasteiger partial charge is 0.494 e. The van der Waals surface area contributed by atoms with Gasteiger partial charge < -0.3 is 15.0 Å². The molecule has 1 aromatic carbocycles. The molecule has 0 atom stereocenters. The highest BCUT2D eigenvalue weighted by molar-refractivity contribution is 5.67. The Morgan fingerprint density at radius 3 is 2.73 bits per heavy atom. The van der Waals surface area contributed by atoms with Crippen LogP contribution in [0.1, 0.15) is 5.56 Å². The molecule has 3 heterocycles. The zero-order valence-electron chi connectivity index (χ0n) is 14.1. The standard InChI is InChI=1S/C17H15N7O2/c1-10-3-4-13(25-2)12(9-10)24-15(18)14(21-23-24)17-20-16(22-26-17)11-5-7-19-8-6-11/h3-9H,18H2,1-2H3. The molecule has 0 radical (unpaired) electrons. The van der Waals surface area contributed by atoms with Crippen molar-refractivity contribution in [1.82, 2.24) is 30.1 Å². The molecular formula is C17H15N7O2. The zero-order valence-corrected chi connectivity index (χ0v) is 14.1. The summed E-state index contributed by atoms with van der Waals surface area (Å²) in [5.41, 5.74) is 9.03. The number of rotatable bonds is 4. The fourth-order valence-electron chi connectivity index (χ4n) is 2.52. The van der Waals surface area contributed by atoms with Crippen molar-refractivity contribution in [3.8, 4) is 34.4 Å². The molecule has 0 aliphatic heterocycles.